The first-order valence-corrected chi connectivity index (χ1v) is 8.97. The first-order chi connectivity index (χ1) is 9.96. The van der Waals surface area contributed by atoms with Crippen LogP contribution in [0.4, 0.5) is 0 Å². The van der Waals surface area contributed by atoms with Gasteiger partial charge in [-0.2, -0.15) is 4.31 Å². The van der Waals surface area contributed by atoms with Gasteiger partial charge in [0.05, 0.1) is 12.4 Å². The number of aliphatic hydroxyl groups is 1. The molecule has 0 aliphatic carbocycles. The van der Waals surface area contributed by atoms with Crippen LogP contribution in [-0.2, 0) is 22.4 Å². The molecule has 118 valence electrons. The molecule has 0 amide bonds. The number of piperazine rings is 1. The van der Waals surface area contributed by atoms with Crippen molar-refractivity contribution in [3.63, 3.8) is 0 Å². The van der Waals surface area contributed by atoms with Crippen LogP contribution in [0.25, 0.3) is 0 Å². The predicted octanol–water partition coefficient (Wildman–Crippen LogP) is 1.03. The molecular formula is C15H24N2O3S. The van der Waals surface area contributed by atoms with Gasteiger partial charge >= 0.3 is 0 Å². The van der Waals surface area contributed by atoms with Gasteiger partial charge in [-0.3, -0.25) is 4.90 Å². The number of aliphatic hydroxyl groups excluding tert-OH is 1. The minimum absolute atomic E-state index is 0.000313. The smallest absolute Gasteiger partial charge is 0.218 e. The molecule has 1 heterocycles. The zero-order valence-electron chi connectivity index (χ0n) is 12.7. The van der Waals surface area contributed by atoms with Gasteiger partial charge in [0.2, 0.25) is 10.0 Å². The second-order valence-corrected chi connectivity index (χ2v) is 7.54. The molecule has 1 aromatic carbocycles. The van der Waals surface area contributed by atoms with Crippen molar-refractivity contribution >= 4 is 10.0 Å². The topological polar surface area (TPSA) is 60.9 Å². The number of nitrogens with zero attached hydrogens (tertiary/aromatic N) is 2. The summed E-state index contributed by atoms with van der Waals surface area (Å²) in [6.45, 7) is 6.94. The molecule has 0 bridgehead atoms. The number of hydrogen-bond acceptors (Lipinski definition) is 4. The molecule has 0 radical (unpaired) electrons. The van der Waals surface area contributed by atoms with Gasteiger partial charge in [0, 0.05) is 25.7 Å². The molecule has 0 saturated carbocycles. The monoisotopic (exact) mass is 312 g/mol. The molecule has 1 atom stereocenters. The van der Waals surface area contributed by atoms with E-state index in [2.05, 4.69) is 18.7 Å². The van der Waals surface area contributed by atoms with Crippen LogP contribution in [0.1, 0.15) is 25.0 Å². The van der Waals surface area contributed by atoms with E-state index in [1.165, 1.54) is 0 Å². The second kappa shape index (κ2) is 6.87. The average Bonchev–Trinajstić information content (AvgIpc) is 2.47. The molecule has 21 heavy (non-hydrogen) atoms. The van der Waals surface area contributed by atoms with Crippen molar-refractivity contribution in [1.82, 2.24) is 9.21 Å². The largest absolute Gasteiger partial charge is 0.392 e. The third-order valence-electron chi connectivity index (χ3n) is 4.05. The molecule has 0 spiro atoms. The third-order valence-corrected chi connectivity index (χ3v) is 5.87. The Bertz CT molecular complexity index is 574. The van der Waals surface area contributed by atoms with E-state index >= 15 is 0 Å². The summed E-state index contributed by atoms with van der Waals surface area (Å²) >= 11 is 0. The fourth-order valence-electron chi connectivity index (χ4n) is 2.80. The standard InChI is InChI=1S/C15H24N2O3S/c1-3-16-7-8-17(10-13(16)2)21(19,20)12-15-6-4-5-14(9-15)11-18/h4-6,9,13,18H,3,7-8,10-12H2,1-2H3. The van der Waals surface area contributed by atoms with Crippen molar-refractivity contribution in [2.45, 2.75) is 32.2 Å². The summed E-state index contributed by atoms with van der Waals surface area (Å²) in [5.74, 6) is -0.000313. The molecule has 1 aliphatic rings. The maximum absolute atomic E-state index is 12.5. The number of likely N-dealkylation sites (N-methyl/N-ethyl adjacent to an activating group) is 1. The maximum atomic E-state index is 12.5. The first kappa shape index (κ1) is 16.4. The molecular weight excluding hydrogens is 288 g/mol. The van der Waals surface area contributed by atoms with Gasteiger partial charge in [-0.25, -0.2) is 8.42 Å². The van der Waals surface area contributed by atoms with E-state index in [4.69, 9.17) is 5.11 Å². The summed E-state index contributed by atoms with van der Waals surface area (Å²) in [6.07, 6.45) is 0. The minimum Gasteiger partial charge on any atom is -0.392 e. The van der Waals surface area contributed by atoms with Crippen molar-refractivity contribution in [3.05, 3.63) is 35.4 Å². The number of rotatable bonds is 5. The van der Waals surface area contributed by atoms with Crippen molar-refractivity contribution in [2.75, 3.05) is 26.2 Å². The van der Waals surface area contributed by atoms with Gasteiger partial charge < -0.3 is 5.11 Å². The van der Waals surface area contributed by atoms with Gasteiger partial charge in [-0.15, -0.1) is 0 Å². The summed E-state index contributed by atoms with van der Waals surface area (Å²) in [6, 6.07) is 7.38. The number of hydrogen-bond donors (Lipinski definition) is 1. The lowest BCUT2D eigenvalue weighted by molar-refractivity contribution is 0.135. The van der Waals surface area contributed by atoms with E-state index in [0.29, 0.717) is 13.1 Å². The summed E-state index contributed by atoms with van der Waals surface area (Å²) in [4.78, 5) is 2.29. The molecule has 1 aromatic rings. The quantitative estimate of drug-likeness (QED) is 0.882. The van der Waals surface area contributed by atoms with Gasteiger partial charge in [-0.1, -0.05) is 31.2 Å². The zero-order chi connectivity index (χ0) is 15.5. The summed E-state index contributed by atoms with van der Waals surface area (Å²) in [7, 11) is -3.30. The molecule has 5 nitrogen and oxygen atoms in total. The molecule has 1 aliphatic heterocycles. The van der Waals surface area contributed by atoms with E-state index in [0.717, 1.165) is 24.2 Å². The Labute approximate surface area is 127 Å². The van der Waals surface area contributed by atoms with Crippen molar-refractivity contribution in [2.24, 2.45) is 0 Å². The lowest BCUT2D eigenvalue weighted by Crippen LogP contribution is -2.53. The van der Waals surface area contributed by atoms with Crippen LogP contribution in [-0.4, -0.2) is 55.0 Å². The van der Waals surface area contributed by atoms with Crippen molar-refractivity contribution in [3.8, 4) is 0 Å². The Balaban J connectivity index is 2.08. The molecule has 6 heteroatoms. The highest BCUT2D eigenvalue weighted by molar-refractivity contribution is 7.88. The Morgan fingerprint density at radius 3 is 2.62 bits per heavy atom. The second-order valence-electron chi connectivity index (χ2n) is 5.57. The van der Waals surface area contributed by atoms with Crippen LogP contribution in [0.2, 0.25) is 0 Å². The van der Waals surface area contributed by atoms with Gasteiger partial charge in [0.1, 0.15) is 0 Å². The van der Waals surface area contributed by atoms with Gasteiger partial charge in [-0.05, 0) is 24.6 Å². The lowest BCUT2D eigenvalue weighted by Gasteiger charge is -2.38. The molecule has 1 fully saturated rings. The highest BCUT2D eigenvalue weighted by Gasteiger charge is 2.30. The lowest BCUT2D eigenvalue weighted by atomic mass is 10.1. The Hall–Kier alpha value is -0.950. The highest BCUT2D eigenvalue weighted by atomic mass is 32.2. The van der Waals surface area contributed by atoms with Crippen molar-refractivity contribution < 1.29 is 13.5 Å². The Kier molecular flexibility index (Phi) is 5.37. The van der Waals surface area contributed by atoms with Gasteiger partial charge in [0.25, 0.3) is 0 Å². The first-order valence-electron chi connectivity index (χ1n) is 7.37. The van der Waals surface area contributed by atoms with Crippen LogP contribution < -0.4 is 0 Å². The third kappa shape index (κ3) is 4.03. The van der Waals surface area contributed by atoms with E-state index in [9.17, 15) is 8.42 Å². The zero-order valence-corrected chi connectivity index (χ0v) is 13.5. The fraction of sp³-hybridized carbons (Fsp3) is 0.600. The fourth-order valence-corrected chi connectivity index (χ4v) is 4.39. The summed E-state index contributed by atoms with van der Waals surface area (Å²) < 4.78 is 26.7. The normalized spacial score (nSPS) is 21.6. The molecule has 1 N–H and O–H groups in total. The highest BCUT2D eigenvalue weighted by Crippen LogP contribution is 2.17. The summed E-state index contributed by atoms with van der Waals surface area (Å²) in [5.41, 5.74) is 1.47. The minimum atomic E-state index is -3.30. The van der Waals surface area contributed by atoms with E-state index in [-0.39, 0.29) is 18.4 Å². The van der Waals surface area contributed by atoms with E-state index < -0.39 is 10.0 Å². The van der Waals surface area contributed by atoms with Crippen molar-refractivity contribution in [1.29, 1.82) is 0 Å². The SMILES string of the molecule is CCN1CCN(S(=O)(=O)Cc2cccc(CO)c2)CC1C. The molecule has 1 unspecified atom stereocenters. The van der Waals surface area contributed by atoms with E-state index in [1.807, 2.05) is 0 Å². The summed E-state index contributed by atoms with van der Waals surface area (Å²) in [5, 5.41) is 9.13. The predicted molar refractivity (Wildman–Crippen MR) is 83.3 cm³/mol. The molecule has 2 rings (SSSR count). The van der Waals surface area contributed by atoms with Crippen LogP contribution in [0.15, 0.2) is 24.3 Å². The van der Waals surface area contributed by atoms with Crippen LogP contribution in [0.5, 0.6) is 0 Å². The molecule has 0 aromatic heterocycles. The Morgan fingerprint density at radius 1 is 1.29 bits per heavy atom. The number of benzene rings is 1. The number of sulfonamides is 1. The van der Waals surface area contributed by atoms with Crippen LogP contribution in [0.3, 0.4) is 0 Å². The Morgan fingerprint density at radius 2 is 2.00 bits per heavy atom. The van der Waals surface area contributed by atoms with Crippen LogP contribution in [0, 0.1) is 0 Å². The van der Waals surface area contributed by atoms with E-state index in [1.54, 1.807) is 28.6 Å². The van der Waals surface area contributed by atoms with Crippen LogP contribution >= 0.6 is 0 Å². The van der Waals surface area contributed by atoms with Gasteiger partial charge in [0.15, 0.2) is 0 Å². The average molecular weight is 312 g/mol. The maximum Gasteiger partial charge on any atom is 0.218 e. The molecule has 1 saturated heterocycles.